The van der Waals surface area contributed by atoms with Crippen LogP contribution >= 0.6 is 0 Å². The summed E-state index contributed by atoms with van der Waals surface area (Å²) in [6.07, 6.45) is 2.56. The first-order valence-corrected chi connectivity index (χ1v) is 33.6. The zero-order chi connectivity index (χ0) is 70.7. The number of carbonyl (C=O) groups is 8. The van der Waals surface area contributed by atoms with Crippen molar-refractivity contribution in [1.29, 1.82) is 0 Å². The normalized spacial score (nSPS) is 16.8. The molecule has 4 heterocycles. The lowest BCUT2D eigenvalue weighted by molar-refractivity contribution is 0.0425. The monoisotopic (exact) mass is 1340 g/mol. The maximum absolute atomic E-state index is 12.7. The minimum atomic E-state index is -1.08. The number of rotatable bonds is 20. The van der Waals surface area contributed by atoms with E-state index >= 15 is 0 Å². The fraction of sp³-hybridized carbons (Fsp3) is 0.200. The minimum absolute atomic E-state index is 0.116. The van der Waals surface area contributed by atoms with Gasteiger partial charge in [0.1, 0.15) is 45.7 Å². The van der Waals surface area contributed by atoms with Crippen LogP contribution in [0.1, 0.15) is 220 Å². The highest BCUT2D eigenvalue weighted by Crippen LogP contribution is 2.59. The van der Waals surface area contributed by atoms with Crippen molar-refractivity contribution in [2.45, 2.75) is 109 Å². The molecule has 0 saturated carbocycles. The van der Waals surface area contributed by atoms with E-state index in [-0.39, 0.29) is 44.5 Å². The Kier molecular flexibility index (Phi) is 15.5. The molecule has 502 valence electrons. The smallest absolute Gasteiger partial charge is 0.347 e. The lowest BCUT2D eigenvalue weighted by Gasteiger charge is -2.37. The van der Waals surface area contributed by atoms with Gasteiger partial charge in [0.25, 0.3) is 0 Å². The van der Waals surface area contributed by atoms with Gasteiger partial charge in [-0.2, -0.15) is 0 Å². The summed E-state index contributed by atoms with van der Waals surface area (Å²) in [6.45, 7) is 17.0. The summed E-state index contributed by atoms with van der Waals surface area (Å²) < 4.78 is 45.9. The molecule has 10 aromatic rings. The van der Waals surface area contributed by atoms with Gasteiger partial charge in [0.2, 0.25) is 0 Å². The van der Waals surface area contributed by atoms with E-state index in [9.17, 15) is 38.4 Å². The summed E-state index contributed by atoms with van der Waals surface area (Å²) >= 11 is 0. The molecule has 16 heteroatoms. The van der Waals surface area contributed by atoms with E-state index < -0.39 is 75.2 Å². The van der Waals surface area contributed by atoms with Gasteiger partial charge in [-0.15, -0.1) is 0 Å². The Labute approximate surface area is 581 Å². The SMILES string of the molecule is CCC(C)(Oc1ccc2c(c1)C(=O)OC2=O)c1ccc(C(C)(CC)c2ccc3c(c2)C(c2ccc(Oc4ccc5c(c4)C(=O)OC5=O)cc2)(c2ccc(Oc4ccc5c(c4)C(=O)OC5=O)cc2)c2cc(C(C)(CC)c4ccc(C(C)(CC)Oc5ccc6c(c5)C(=O)OC6=O)cc4)ccc2-3)cc1. The van der Waals surface area contributed by atoms with Gasteiger partial charge in [0, 0.05) is 10.8 Å². The summed E-state index contributed by atoms with van der Waals surface area (Å²) in [4.78, 5) is 100. The van der Waals surface area contributed by atoms with Crippen molar-refractivity contribution in [3.63, 3.8) is 0 Å². The number of hydrogen-bond acceptors (Lipinski definition) is 16. The standard InChI is InChI=1S/C85H66O16/c1-9-81(5,47-13-17-49(18-14-47)83(7,11-3)100-59-33-39-65-69(45-59)79(92)98-75(65)88)53-25-35-61-62-36-26-54(82(6,10-2)48-15-19-50(20-16-48)84(8,12-4)101-60-34-40-66-70(46-60)80(93)99-76(66)89)42-72(62)85(71(61)41-53,51-21-27-55(28-22-51)94-57-31-37-63-67(43-57)77(90)96-73(63)86)52-23-29-56(30-24-52)95-58-32-38-64-68(44-58)78(91)97-74(64)87/h13-46H,9-12H2,1-8H3. The summed E-state index contributed by atoms with van der Waals surface area (Å²) in [6, 6.07) is 65.3. The van der Waals surface area contributed by atoms with Crippen molar-refractivity contribution >= 4 is 47.8 Å². The fourth-order valence-electron chi connectivity index (χ4n) is 14.9. The molecular formula is C85H66O16. The third-order valence-electron chi connectivity index (χ3n) is 21.6. The zero-order valence-electron chi connectivity index (χ0n) is 56.5. The Morgan fingerprint density at radius 1 is 0.267 bits per heavy atom. The van der Waals surface area contributed by atoms with Gasteiger partial charge < -0.3 is 37.9 Å². The van der Waals surface area contributed by atoms with Gasteiger partial charge >= 0.3 is 47.8 Å². The molecule has 0 bridgehead atoms. The molecule has 4 unspecified atom stereocenters. The van der Waals surface area contributed by atoms with E-state index in [1.165, 1.54) is 24.3 Å². The van der Waals surface area contributed by atoms with Crippen molar-refractivity contribution in [3.05, 3.63) is 306 Å². The molecule has 0 fully saturated rings. The molecule has 0 saturated heterocycles. The Morgan fingerprint density at radius 3 is 0.832 bits per heavy atom. The van der Waals surface area contributed by atoms with Crippen LogP contribution in [-0.4, -0.2) is 47.8 Å². The molecule has 0 N–H and O–H groups in total. The predicted molar refractivity (Wildman–Crippen MR) is 372 cm³/mol. The van der Waals surface area contributed by atoms with Gasteiger partial charge in [0.15, 0.2) is 0 Å². The first-order valence-electron chi connectivity index (χ1n) is 33.6. The van der Waals surface area contributed by atoms with Gasteiger partial charge in [-0.05, 0) is 203 Å². The average Bonchev–Trinajstić information content (AvgIpc) is 1.54. The topological polar surface area (TPSA) is 210 Å². The Balaban J connectivity index is 0.858. The number of carbonyl (C=O) groups excluding carboxylic acids is 8. The minimum Gasteiger partial charge on any atom is -0.483 e. The van der Waals surface area contributed by atoms with E-state index in [2.05, 4.69) is 137 Å². The number of benzene rings is 10. The van der Waals surface area contributed by atoms with Crippen LogP contribution in [0, 0.1) is 0 Å². The third kappa shape index (κ3) is 10.6. The van der Waals surface area contributed by atoms with Crippen molar-refractivity contribution in [2.75, 3.05) is 0 Å². The van der Waals surface area contributed by atoms with E-state index in [1.807, 2.05) is 52.0 Å². The average molecular weight is 1340 g/mol. The molecule has 5 aliphatic rings. The van der Waals surface area contributed by atoms with Crippen molar-refractivity contribution in [1.82, 2.24) is 0 Å². The largest absolute Gasteiger partial charge is 0.483 e. The molecule has 0 aromatic heterocycles. The molecule has 0 amide bonds. The highest BCUT2D eigenvalue weighted by atomic mass is 16.6. The van der Waals surface area contributed by atoms with Crippen LogP contribution in [-0.2, 0) is 46.4 Å². The van der Waals surface area contributed by atoms with Crippen LogP contribution in [0.4, 0.5) is 0 Å². The van der Waals surface area contributed by atoms with Gasteiger partial charge in [-0.3, -0.25) is 0 Å². The van der Waals surface area contributed by atoms with Crippen LogP contribution in [0.2, 0.25) is 0 Å². The molecular weight excluding hydrogens is 1280 g/mol. The second kappa shape index (κ2) is 24.2. The van der Waals surface area contributed by atoms with Gasteiger partial charge in [-0.25, -0.2) is 38.4 Å². The maximum Gasteiger partial charge on any atom is 0.347 e. The second-order valence-corrected chi connectivity index (χ2v) is 27.0. The lowest BCUT2D eigenvalue weighted by Crippen LogP contribution is -2.31. The fourth-order valence-corrected chi connectivity index (χ4v) is 14.9. The van der Waals surface area contributed by atoms with E-state index in [1.54, 1.807) is 48.5 Å². The summed E-state index contributed by atoms with van der Waals surface area (Å²) in [5, 5.41) is 0. The quantitative estimate of drug-likeness (QED) is 0.0394. The first-order chi connectivity index (χ1) is 48.5. The van der Waals surface area contributed by atoms with Crippen molar-refractivity contribution < 1.29 is 76.3 Å². The summed E-state index contributed by atoms with van der Waals surface area (Å²) in [5.41, 5.74) is 9.25. The van der Waals surface area contributed by atoms with E-state index in [0.29, 0.717) is 60.2 Å². The number of esters is 8. The second-order valence-electron chi connectivity index (χ2n) is 27.0. The highest BCUT2D eigenvalue weighted by molar-refractivity contribution is 6.17. The Morgan fingerprint density at radius 2 is 0.525 bits per heavy atom. The maximum atomic E-state index is 12.7. The molecule has 4 atom stereocenters. The van der Waals surface area contributed by atoms with Gasteiger partial charge in [-0.1, -0.05) is 151 Å². The molecule has 0 radical (unpaired) electrons. The third-order valence-corrected chi connectivity index (χ3v) is 21.6. The number of cyclic esters (lactones) is 8. The number of ether oxygens (including phenoxy) is 8. The Hall–Kier alpha value is -12.0. The molecule has 10 aromatic carbocycles. The summed E-state index contributed by atoms with van der Waals surface area (Å²) in [5.74, 6) is -3.24. The van der Waals surface area contributed by atoms with Crippen LogP contribution in [0.3, 0.4) is 0 Å². The van der Waals surface area contributed by atoms with Crippen LogP contribution in [0.5, 0.6) is 34.5 Å². The molecule has 0 spiro atoms. The van der Waals surface area contributed by atoms with Crippen LogP contribution in [0.15, 0.2) is 206 Å². The molecule has 15 rings (SSSR count). The first kappa shape index (κ1) is 64.9. The zero-order valence-corrected chi connectivity index (χ0v) is 56.5. The molecule has 16 nitrogen and oxygen atoms in total. The summed E-state index contributed by atoms with van der Waals surface area (Å²) in [7, 11) is 0. The molecule has 101 heavy (non-hydrogen) atoms. The molecule has 1 aliphatic carbocycles. The van der Waals surface area contributed by atoms with Gasteiger partial charge in [0.05, 0.1) is 49.9 Å². The van der Waals surface area contributed by atoms with Crippen molar-refractivity contribution in [3.8, 4) is 45.6 Å². The van der Waals surface area contributed by atoms with E-state index in [0.717, 1.165) is 66.8 Å². The van der Waals surface area contributed by atoms with Crippen molar-refractivity contribution in [2.24, 2.45) is 0 Å². The van der Waals surface area contributed by atoms with Crippen LogP contribution < -0.4 is 18.9 Å². The lowest BCUT2D eigenvalue weighted by atomic mass is 9.65. The van der Waals surface area contributed by atoms with Crippen LogP contribution in [0.25, 0.3) is 11.1 Å². The predicted octanol–water partition coefficient (Wildman–Crippen LogP) is 17.7. The Bertz CT molecular complexity index is 4900. The highest BCUT2D eigenvalue weighted by Gasteiger charge is 2.49. The van der Waals surface area contributed by atoms with E-state index in [4.69, 9.17) is 37.9 Å². The number of fused-ring (bicyclic) bond motifs is 7. The number of hydrogen-bond donors (Lipinski definition) is 0. The molecule has 4 aliphatic heterocycles.